The minimum Gasteiger partial charge on any atom is -0.465 e. The molecule has 0 radical (unpaired) electrons. The summed E-state index contributed by atoms with van der Waals surface area (Å²) in [6, 6.07) is 0. The first-order valence-electron chi connectivity index (χ1n) is 4.74. The molecule has 0 unspecified atom stereocenters. The first kappa shape index (κ1) is 12.1. The molecule has 0 aliphatic rings. The molecule has 0 saturated carbocycles. The van der Waals surface area contributed by atoms with E-state index in [2.05, 4.69) is 0 Å². The van der Waals surface area contributed by atoms with Crippen molar-refractivity contribution in [3.05, 3.63) is 0 Å². The highest BCUT2D eigenvalue weighted by atomic mass is 16.5. The van der Waals surface area contributed by atoms with Crippen LogP contribution in [0.15, 0.2) is 0 Å². The van der Waals surface area contributed by atoms with Gasteiger partial charge in [0.1, 0.15) is 11.7 Å². The zero-order valence-electron chi connectivity index (χ0n) is 8.79. The zero-order chi connectivity index (χ0) is 10.4. The topological polar surface area (TPSA) is 43.4 Å². The molecule has 0 fully saturated rings. The highest BCUT2D eigenvalue weighted by Gasteiger charge is 2.27. The fourth-order valence-corrected chi connectivity index (χ4v) is 1.13. The molecular weight excluding hydrogens is 168 g/mol. The van der Waals surface area contributed by atoms with E-state index < -0.39 is 5.92 Å². The monoisotopic (exact) mass is 186 g/mol. The molecule has 3 heteroatoms. The van der Waals surface area contributed by atoms with Gasteiger partial charge in [0.2, 0.25) is 0 Å². The van der Waals surface area contributed by atoms with Crippen molar-refractivity contribution >= 4 is 11.8 Å². The third-order valence-electron chi connectivity index (χ3n) is 1.89. The van der Waals surface area contributed by atoms with Gasteiger partial charge in [0.05, 0.1) is 6.61 Å². The first-order valence-corrected chi connectivity index (χ1v) is 4.74. The maximum atomic E-state index is 11.5. The van der Waals surface area contributed by atoms with Gasteiger partial charge in [-0.05, 0) is 13.3 Å². The molecule has 0 aliphatic carbocycles. The summed E-state index contributed by atoms with van der Waals surface area (Å²) in [6.45, 7) is 7.49. The first-order chi connectivity index (χ1) is 6.04. The molecule has 0 aromatic rings. The van der Waals surface area contributed by atoms with Crippen LogP contribution in [-0.2, 0) is 14.3 Å². The standard InChI is InChI=1S/C10H18O3/c1-5-8(9(11)7(3)4)10(12)13-6-2/h7-8H,5-6H2,1-4H3/t8-/m0/s1. The number of hydrogen-bond acceptors (Lipinski definition) is 3. The molecule has 13 heavy (non-hydrogen) atoms. The Balaban J connectivity index is 4.32. The van der Waals surface area contributed by atoms with E-state index in [4.69, 9.17) is 4.74 Å². The van der Waals surface area contributed by atoms with Crippen LogP contribution in [0.5, 0.6) is 0 Å². The van der Waals surface area contributed by atoms with Crippen LogP contribution in [0.2, 0.25) is 0 Å². The van der Waals surface area contributed by atoms with Crippen LogP contribution in [0.25, 0.3) is 0 Å². The third-order valence-corrected chi connectivity index (χ3v) is 1.89. The normalized spacial score (nSPS) is 12.7. The SMILES string of the molecule is CCOC(=O)[C@@H](CC)C(=O)C(C)C. The summed E-state index contributed by atoms with van der Waals surface area (Å²) in [4.78, 5) is 22.8. The lowest BCUT2D eigenvalue weighted by molar-refractivity contribution is -0.152. The van der Waals surface area contributed by atoms with Gasteiger partial charge in [0, 0.05) is 5.92 Å². The van der Waals surface area contributed by atoms with Crippen molar-refractivity contribution in [1.29, 1.82) is 0 Å². The van der Waals surface area contributed by atoms with Gasteiger partial charge in [-0.2, -0.15) is 0 Å². The minimum atomic E-state index is -0.569. The van der Waals surface area contributed by atoms with Crippen LogP contribution >= 0.6 is 0 Å². The zero-order valence-corrected chi connectivity index (χ0v) is 8.79. The molecule has 0 N–H and O–H groups in total. The van der Waals surface area contributed by atoms with E-state index in [0.29, 0.717) is 13.0 Å². The number of carbonyl (C=O) groups excluding carboxylic acids is 2. The average Bonchev–Trinajstić information content (AvgIpc) is 2.05. The Morgan fingerprint density at radius 3 is 2.08 bits per heavy atom. The number of hydrogen-bond donors (Lipinski definition) is 0. The molecular formula is C10H18O3. The summed E-state index contributed by atoms with van der Waals surface area (Å²) in [7, 11) is 0. The van der Waals surface area contributed by atoms with Gasteiger partial charge in [0.25, 0.3) is 0 Å². The summed E-state index contributed by atoms with van der Waals surface area (Å²) in [5.41, 5.74) is 0. The third kappa shape index (κ3) is 3.57. The molecule has 0 spiro atoms. The Hall–Kier alpha value is -0.860. The predicted octanol–water partition coefficient (Wildman–Crippen LogP) is 1.80. The average molecular weight is 186 g/mol. The number of ketones is 1. The Labute approximate surface area is 79.5 Å². The van der Waals surface area contributed by atoms with E-state index >= 15 is 0 Å². The second kappa shape index (κ2) is 5.73. The Bertz CT molecular complexity index is 185. The van der Waals surface area contributed by atoms with Gasteiger partial charge < -0.3 is 4.74 Å². The lowest BCUT2D eigenvalue weighted by Gasteiger charge is -2.14. The van der Waals surface area contributed by atoms with Crippen LogP contribution in [0.1, 0.15) is 34.1 Å². The van der Waals surface area contributed by atoms with Crippen molar-refractivity contribution in [2.45, 2.75) is 34.1 Å². The molecule has 0 aliphatic heterocycles. The highest BCUT2D eigenvalue weighted by Crippen LogP contribution is 2.12. The maximum absolute atomic E-state index is 11.5. The second-order valence-corrected chi connectivity index (χ2v) is 3.27. The van der Waals surface area contributed by atoms with E-state index in [1.807, 2.05) is 6.92 Å². The Morgan fingerprint density at radius 2 is 1.77 bits per heavy atom. The van der Waals surface area contributed by atoms with E-state index in [1.165, 1.54) is 0 Å². The summed E-state index contributed by atoms with van der Waals surface area (Å²) >= 11 is 0. The minimum absolute atomic E-state index is 0.0269. The van der Waals surface area contributed by atoms with Crippen molar-refractivity contribution < 1.29 is 14.3 Å². The van der Waals surface area contributed by atoms with Gasteiger partial charge in [-0.25, -0.2) is 0 Å². The summed E-state index contributed by atoms with van der Waals surface area (Å²) in [6.07, 6.45) is 0.524. The second-order valence-electron chi connectivity index (χ2n) is 3.27. The van der Waals surface area contributed by atoms with Crippen LogP contribution < -0.4 is 0 Å². The highest BCUT2D eigenvalue weighted by molar-refractivity contribution is 5.99. The fourth-order valence-electron chi connectivity index (χ4n) is 1.13. The number of Topliss-reactive ketones (excluding diaryl/α,β-unsaturated/α-hetero) is 1. The predicted molar refractivity (Wildman–Crippen MR) is 50.3 cm³/mol. The lowest BCUT2D eigenvalue weighted by Crippen LogP contribution is -2.28. The molecule has 0 rings (SSSR count). The molecule has 0 aromatic carbocycles. The number of esters is 1. The Kier molecular flexibility index (Phi) is 5.35. The van der Waals surface area contributed by atoms with Gasteiger partial charge in [0.15, 0.2) is 0 Å². The Morgan fingerprint density at radius 1 is 1.23 bits per heavy atom. The molecule has 0 saturated heterocycles. The van der Waals surface area contributed by atoms with Crippen LogP contribution in [0, 0.1) is 11.8 Å². The molecule has 0 bridgehead atoms. The number of carbonyl (C=O) groups is 2. The number of rotatable bonds is 5. The molecule has 0 heterocycles. The van der Waals surface area contributed by atoms with Crippen molar-refractivity contribution in [3.8, 4) is 0 Å². The van der Waals surface area contributed by atoms with Crippen LogP contribution in [0.3, 0.4) is 0 Å². The van der Waals surface area contributed by atoms with Crippen molar-refractivity contribution in [2.75, 3.05) is 6.61 Å². The van der Waals surface area contributed by atoms with Gasteiger partial charge >= 0.3 is 5.97 Å². The van der Waals surface area contributed by atoms with E-state index in [-0.39, 0.29) is 17.7 Å². The van der Waals surface area contributed by atoms with Crippen LogP contribution in [0.4, 0.5) is 0 Å². The molecule has 76 valence electrons. The molecule has 3 nitrogen and oxygen atoms in total. The van der Waals surface area contributed by atoms with Gasteiger partial charge in [-0.1, -0.05) is 20.8 Å². The molecule has 1 atom stereocenters. The van der Waals surface area contributed by atoms with Crippen molar-refractivity contribution in [2.24, 2.45) is 11.8 Å². The number of ether oxygens (including phenoxy) is 1. The quantitative estimate of drug-likeness (QED) is 0.485. The smallest absolute Gasteiger partial charge is 0.316 e. The fraction of sp³-hybridized carbons (Fsp3) is 0.800. The van der Waals surface area contributed by atoms with E-state index in [9.17, 15) is 9.59 Å². The van der Waals surface area contributed by atoms with E-state index in [0.717, 1.165) is 0 Å². The van der Waals surface area contributed by atoms with Crippen LogP contribution in [-0.4, -0.2) is 18.4 Å². The van der Waals surface area contributed by atoms with Crippen molar-refractivity contribution in [1.82, 2.24) is 0 Å². The largest absolute Gasteiger partial charge is 0.465 e. The molecule has 0 amide bonds. The summed E-state index contributed by atoms with van der Waals surface area (Å²) in [5, 5.41) is 0. The van der Waals surface area contributed by atoms with Gasteiger partial charge in [-0.15, -0.1) is 0 Å². The summed E-state index contributed by atoms with van der Waals surface area (Å²) in [5.74, 6) is -1.08. The summed E-state index contributed by atoms with van der Waals surface area (Å²) < 4.78 is 4.81. The van der Waals surface area contributed by atoms with Crippen molar-refractivity contribution in [3.63, 3.8) is 0 Å². The van der Waals surface area contributed by atoms with Gasteiger partial charge in [-0.3, -0.25) is 9.59 Å². The molecule has 0 aromatic heterocycles. The van der Waals surface area contributed by atoms with E-state index in [1.54, 1.807) is 20.8 Å². The lowest BCUT2D eigenvalue weighted by atomic mass is 9.93. The maximum Gasteiger partial charge on any atom is 0.316 e.